The topological polar surface area (TPSA) is 60.7 Å². The Morgan fingerprint density at radius 2 is 1.83 bits per heavy atom. The summed E-state index contributed by atoms with van der Waals surface area (Å²) < 4.78 is 0. The standard InChI is InChI=1S/C20H36O3/c1-15-8-6-12-20(5,23)13-7-9-16(2)18(21)14-17(11-10-15)19(3,4)22/h9-10,17-18,21-23H,6-8,11-14H2,1-5H3/b15-10+,16-9+/t17-,18+,20+/m0/s1. The zero-order valence-corrected chi connectivity index (χ0v) is 15.6. The van der Waals surface area contributed by atoms with Gasteiger partial charge in [0.15, 0.2) is 0 Å². The fourth-order valence-electron chi connectivity index (χ4n) is 3.19. The van der Waals surface area contributed by atoms with E-state index in [9.17, 15) is 15.3 Å². The van der Waals surface area contributed by atoms with Crippen molar-refractivity contribution in [1.82, 2.24) is 0 Å². The van der Waals surface area contributed by atoms with Crippen molar-refractivity contribution in [3.63, 3.8) is 0 Å². The van der Waals surface area contributed by atoms with Crippen molar-refractivity contribution in [2.45, 2.75) is 96.9 Å². The summed E-state index contributed by atoms with van der Waals surface area (Å²) in [5.74, 6) is 0.0295. The van der Waals surface area contributed by atoms with Crippen LogP contribution in [-0.4, -0.2) is 32.6 Å². The van der Waals surface area contributed by atoms with Crippen LogP contribution in [0.15, 0.2) is 23.3 Å². The molecule has 1 rings (SSSR count). The van der Waals surface area contributed by atoms with Crippen LogP contribution in [0, 0.1) is 5.92 Å². The van der Waals surface area contributed by atoms with Crippen LogP contribution >= 0.6 is 0 Å². The van der Waals surface area contributed by atoms with Gasteiger partial charge in [0.1, 0.15) is 0 Å². The van der Waals surface area contributed by atoms with E-state index >= 15 is 0 Å². The van der Waals surface area contributed by atoms with Crippen molar-refractivity contribution in [2.24, 2.45) is 5.92 Å². The van der Waals surface area contributed by atoms with E-state index in [2.05, 4.69) is 13.0 Å². The number of allylic oxidation sites excluding steroid dienone is 3. The molecule has 0 fully saturated rings. The second-order valence-electron chi connectivity index (χ2n) is 8.23. The minimum Gasteiger partial charge on any atom is -0.390 e. The lowest BCUT2D eigenvalue weighted by atomic mass is 9.81. The monoisotopic (exact) mass is 324 g/mol. The molecule has 3 heteroatoms. The van der Waals surface area contributed by atoms with Crippen molar-refractivity contribution in [2.75, 3.05) is 0 Å². The van der Waals surface area contributed by atoms with E-state index in [0.717, 1.165) is 44.1 Å². The third-order valence-corrected chi connectivity index (χ3v) is 5.22. The lowest BCUT2D eigenvalue weighted by Crippen LogP contribution is -2.33. The highest BCUT2D eigenvalue weighted by atomic mass is 16.3. The smallest absolute Gasteiger partial charge is 0.0751 e. The van der Waals surface area contributed by atoms with Gasteiger partial charge in [0.25, 0.3) is 0 Å². The molecule has 0 aromatic rings. The summed E-state index contributed by atoms with van der Waals surface area (Å²) in [7, 11) is 0. The van der Waals surface area contributed by atoms with Crippen LogP contribution in [0.4, 0.5) is 0 Å². The van der Waals surface area contributed by atoms with E-state index < -0.39 is 17.3 Å². The SMILES string of the molecule is C/C1=C\C[C@H](C(C)(C)O)C[C@@H](O)/C(C)=C/CC[C@](C)(O)CCC1. The van der Waals surface area contributed by atoms with Gasteiger partial charge >= 0.3 is 0 Å². The van der Waals surface area contributed by atoms with Gasteiger partial charge in [0, 0.05) is 0 Å². The molecule has 3 nitrogen and oxygen atoms in total. The Morgan fingerprint density at radius 1 is 1.17 bits per heavy atom. The predicted octanol–water partition coefficient (Wildman–Crippen LogP) is 4.12. The summed E-state index contributed by atoms with van der Waals surface area (Å²) >= 11 is 0. The molecule has 134 valence electrons. The number of hydrogen-bond donors (Lipinski definition) is 3. The molecular formula is C20H36O3. The highest BCUT2D eigenvalue weighted by Crippen LogP contribution is 2.30. The van der Waals surface area contributed by atoms with Gasteiger partial charge < -0.3 is 15.3 Å². The molecule has 23 heavy (non-hydrogen) atoms. The minimum absolute atomic E-state index is 0.0295. The van der Waals surface area contributed by atoms with E-state index in [4.69, 9.17) is 0 Å². The molecule has 3 N–H and O–H groups in total. The van der Waals surface area contributed by atoms with Gasteiger partial charge in [0.05, 0.1) is 17.3 Å². The highest BCUT2D eigenvalue weighted by Gasteiger charge is 2.29. The highest BCUT2D eigenvalue weighted by molar-refractivity contribution is 5.07. The second kappa shape index (κ2) is 8.46. The third kappa shape index (κ3) is 7.65. The molecule has 0 spiro atoms. The second-order valence-corrected chi connectivity index (χ2v) is 8.23. The Bertz CT molecular complexity index is 427. The van der Waals surface area contributed by atoms with Crippen LogP contribution < -0.4 is 0 Å². The normalized spacial score (nSPS) is 37.2. The average molecular weight is 325 g/mol. The maximum absolute atomic E-state index is 10.5. The first-order valence-corrected chi connectivity index (χ1v) is 8.96. The van der Waals surface area contributed by atoms with E-state index in [0.29, 0.717) is 6.42 Å². The van der Waals surface area contributed by atoms with Crippen molar-refractivity contribution < 1.29 is 15.3 Å². The van der Waals surface area contributed by atoms with Gasteiger partial charge in [-0.15, -0.1) is 0 Å². The summed E-state index contributed by atoms with van der Waals surface area (Å²) in [5, 5.41) is 31.3. The van der Waals surface area contributed by atoms with Crippen LogP contribution in [0.5, 0.6) is 0 Å². The van der Waals surface area contributed by atoms with Crippen LogP contribution in [0.2, 0.25) is 0 Å². The fourth-order valence-corrected chi connectivity index (χ4v) is 3.19. The molecule has 0 saturated carbocycles. The van der Waals surface area contributed by atoms with Crippen molar-refractivity contribution >= 4 is 0 Å². The molecule has 1 aliphatic carbocycles. The maximum atomic E-state index is 10.5. The van der Waals surface area contributed by atoms with E-state index in [-0.39, 0.29) is 5.92 Å². The number of rotatable bonds is 1. The first-order chi connectivity index (χ1) is 10.5. The summed E-state index contributed by atoms with van der Waals surface area (Å²) in [6.07, 6.45) is 9.27. The lowest BCUT2D eigenvalue weighted by molar-refractivity contribution is -0.00140. The van der Waals surface area contributed by atoms with Crippen LogP contribution in [-0.2, 0) is 0 Å². The molecule has 0 bridgehead atoms. The van der Waals surface area contributed by atoms with Crippen molar-refractivity contribution in [3.8, 4) is 0 Å². The summed E-state index contributed by atoms with van der Waals surface area (Å²) in [6.45, 7) is 9.61. The maximum Gasteiger partial charge on any atom is 0.0751 e. The number of aliphatic hydroxyl groups excluding tert-OH is 1. The zero-order chi connectivity index (χ0) is 17.7. The molecule has 0 aromatic carbocycles. The molecule has 0 saturated heterocycles. The Balaban J connectivity index is 2.93. The Labute approximate surface area is 142 Å². The molecule has 0 heterocycles. The number of aliphatic hydroxyl groups is 3. The molecular weight excluding hydrogens is 288 g/mol. The van der Waals surface area contributed by atoms with Crippen molar-refractivity contribution in [3.05, 3.63) is 23.3 Å². The van der Waals surface area contributed by atoms with Gasteiger partial charge in [-0.3, -0.25) is 0 Å². The fraction of sp³-hybridized carbons (Fsp3) is 0.800. The molecule has 0 aliphatic heterocycles. The largest absolute Gasteiger partial charge is 0.390 e. The summed E-state index contributed by atoms with van der Waals surface area (Å²) in [4.78, 5) is 0. The molecule has 0 unspecified atom stereocenters. The quantitative estimate of drug-likeness (QED) is 0.636. The summed E-state index contributed by atoms with van der Waals surface area (Å²) in [6, 6.07) is 0. The van der Waals surface area contributed by atoms with Gasteiger partial charge in [-0.25, -0.2) is 0 Å². The van der Waals surface area contributed by atoms with Gasteiger partial charge in [0.2, 0.25) is 0 Å². The molecule has 3 atom stereocenters. The number of hydrogen-bond acceptors (Lipinski definition) is 3. The van der Waals surface area contributed by atoms with E-state index in [1.165, 1.54) is 5.57 Å². The van der Waals surface area contributed by atoms with Crippen LogP contribution in [0.1, 0.15) is 79.6 Å². The Morgan fingerprint density at radius 3 is 2.43 bits per heavy atom. The average Bonchev–Trinajstić information content (AvgIpc) is 2.40. The first kappa shape index (κ1) is 20.4. The van der Waals surface area contributed by atoms with Gasteiger partial charge in [-0.1, -0.05) is 17.7 Å². The summed E-state index contributed by atoms with van der Waals surface area (Å²) in [5.41, 5.74) is 0.794. The van der Waals surface area contributed by atoms with Crippen LogP contribution in [0.3, 0.4) is 0 Å². The first-order valence-electron chi connectivity index (χ1n) is 8.96. The Hall–Kier alpha value is -0.640. The molecule has 0 aromatic heterocycles. The molecule has 0 amide bonds. The van der Waals surface area contributed by atoms with Crippen molar-refractivity contribution in [1.29, 1.82) is 0 Å². The van der Waals surface area contributed by atoms with Gasteiger partial charge in [-0.05, 0) is 91.1 Å². The molecule has 0 radical (unpaired) electrons. The lowest BCUT2D eigenvalue weighted by Gasteiger charge is -2.31. The Kier molecular flexibility index (Phi) is 7.50. The van der Waals surface area contributed by atoms with E-state index in [1.807, 2.05) is 33.8 Å². The molecule has 1 aliphatic rings. The van der Waals surface area contributed by atoms with Gasteiger partial charge in [-0.2, -0.15) is 0 Å². The minimum atomic E-state index is -0.807. The van der Waals surface area contributed by atoms with E-state index in [1.54, 1.807) is 0 Å². The predicted molar refractivity (Wildman–Crippen MR) is 96.3 cm³/mol. The zero-order valence-electron chi connectivity index (χ0n) is 15.6. The van der Waals surface area contributed by atoms with Crippen LogP contribution in [0.25, 0.3) is 0 Å². The third-order valence-electron chi connectivity index (χ3n) is 5.22.